The highest BCUT2D eigenvalue weighted by molar-refractivity contribution is 5.97. The van der Waals surface area contributed by atoms with Crippen molar-refractivity contribution in [3.8, 4) is 0 Å². The molecule has 0 fully saturated rings. The molecular weight excluding hydrogens is 156 g/mol. The van der Waals surface area contributed by atoms with Gasteiger partial charge in [-0.25, -0.2) is 4.79 Å². The molecule has 0 atom stereocenters. The van der Waals surface area contributed by atoms with Gasteiger partial charge in [-0.15, -0.1) is 0 Å². The number of aliphatic carboxylic acids is 1. The van der Waals surface area contributed by atoms with E-state index in [1.54, 1.807) is 6.92 Å². The summed E-state index contributed by atoms with van der Waals surface area (Å²) < 4.78 is 0. The summed E-state index contributed by atoms with van der Waals surface area (Å²) in [6.07, 6.45) is 1.37. The van der Waals surface area contributed by atoms with Crippen LogP contribution in [0.25, 0.3) is 0 Å². The number of hydrogen-bond acceptors (Lipinski definition) is 2. The van der Waals surface area contributed by atoms with E-state index >= 15 is 0 Å². The van der Waals surface area contributed by atoms with Gasteiger partial charge in [0, 0.05) is 12.0 Å². The smallest absolute Gasteiger partial charge is 0.332 e. The molecule has 0 aliphatic rings. The fraction of sp³-hybridized carbons (Fsp3) is 0.333. The van der Waals surface area contributed by atoms with Gasteiger partial charge in [0.1, 0.15) is 0 Å². The van der Waals surface area contributed by atoms with Crippen LogP contribution in [-0.2, 0) is 9.59 Å². The van der Waals surface area contributed by atoms with E-state index in [1.165, 1.54) is 6.92 Å². The molecule has 3 nitrogen and oxygen atoms in total. The minimum absolute atomic E-state index is 0.0926. The van der Waals surface area contributed by atoms with Crippen molar-refractivity contribution in [2.75, 3.05) is 0 Å². The topological polar surface area (TPSA) is 54.4 Å². The van der Waals surface area contributed by atoms with Crippen LogP contribution in [0.1, 0.15) is 20.3 Å². The molecule has 12 heavy (non-hydrogen) atoms. The third-order valence-corrected chi connectivity index (χ3v) is 1.14. The predicted octanol–water partition coefficient (Wildman–Crippen LogP) is 1.55. The lowest BCUT2D eigenvalue weighted by Gasteiger charge is -1.99. The largest absolute Gasteiger partial charge is 0.478 e. The molecule has 0 rings (SSSR count). The van der Waals surface area contributed by atoms with Gasteiger partial charge >= 0.3 is 5.97 Å². The average molecular weight is 168 g/mol. The van der Waals surface area contributed by atoms with Crippen molar-refractivity contribution < 1.29 is 14.7 Å². The molecule has 0 aliphatic carbocycles. The number of carboxylic acids is 1. The highest BCUT2D eigenvalue weighted by atomic mass is 16.4. The van der Waals surface area contributed by atoms with E-state index in [0.717, 1.165) is 11.6 Å². The highest BCUT2D eigenvalue weighted by Crippen LogP contribution is 2.08. The van der Waals surface area contributed by atoms with Gasteiger partial charge in [-0.3, -0.25) is 4.79 Å². The molecule has 0 radical (unpaired) electrons. The zero-order valence-corrected chi connectivity index (χ0v) is 7.26. The number of carbonyl (C=O) groups excluding carboxylic acids is 1. The van der Waals surface area contributed by atoms with E-state index in [9.17, 15) is 9.59 Å². The maximum absolute atomic E-state index is 10.6. The molecule has 0 aromatic rings. The Morgan fingerprint density at radius 1 is 1.42 bits per heavy atom. The Morgan fingerprint density at radius 2 is 1.92 bits per heavy atom. The zero-order chi connectivity index (χ0) is 9.72. The molecule has 0 aromatic heterocycles. The quantitative estimate of drug-likeness (QED) is 0.512. The molecular formula is C9H12O3. The zero-order valence-electron chi connectivity index (χ0n) is 7.26. The SMILES string of the molecule is C=C(C)CC(=CC(C)=O)C(=O)O. The lowest BCUT2D eigenvalue weighted by atomic mass is 10.1. The minimum Gasteiger partial charge on any atom is -0.478 e. The van der Waals surface area contributed by atoms with Crippen molar-refractivity contribution in [3.05, 3.63) is 23.8 Å². The molecule has 0 aromatic carbocycles. The summed E-state index contributed by atoms with van der Waals surface area (Å²) in [4.78, 5) is 21.1. The Labute approximate surface area is 71.4 Å². The van der Waals surface area contributed by atoms with Crippen LogP contribution < -0.4 is 0 Å². The van der Waals surface area contributed by atoms with Crippen LogP contribution in [0.4, 0.5) is 0 Å². The molecule has 0 bridgehead atoms. The number of carboxylic acid groups (broad SMARTS) is 1. The number of rotatable bonds is 4. The van der Waals surface area contributed by atoms with Gasteiger partial charge in [0.2, 0.25) is 0 Å². The Hall–Kier alpha value is -1.38. The molecule has 0 unspecified atom stereocenters. The molecule has 0 saturated carbocycles. The first-order chi connectivity index (χ1) is 5.43. The van der Waals surface area contributed by atoms with Gasteiger partial charge in [-0.05, 0) is 19.9 Å². The normalized spacial score (nSPS) is 11.0. The van der Waals surface area contributed by atoms with Crippen LogP contribution in [-0.4, -0.2) is 16.9 Å². The summed E-state index contributed by atoms with van der Waals surface area (Å²) in [5.74, 6) is -1.32. The van der Waals surface area contributed by atoms with Gasteiger partial charge in [0.25, 0.3) is 0 Å². The van der Waals surface area contributed by atoms with E-state index in [1.807, 2.05) is 0 Å². The number of ketones is 1. The first kappa shape index (κ1) is 10.6. The second-order valence-corrected chi connectivity index (χ2v) is 2.72. The molecule has 0 spiro atoms. The number of allylic oxidation sites excluding steroid dienone is 2. The third kappa shape index (κ3) is 4.44. The van der Waals surface area contributed by atoms with E-state index < -0.39 is 5.97 Å². The lowest BCUT2D eigenvalue weighted by molar-refractivity contribution is -0.133. The maximum Gasteiger partial charge on any atom is 0.332 e. The van der Waals surface area contributed by atoms with Crippen LogP contribution in [0.2, 0.25) is 0 Å². The van der Waals surface area contributed by atoms with Gasteiger partial charge < -0.3 is 5.11 Å². The van der Waals surface area contributed by atoms with E-state index in [2.05, 4.69) is 6.58 Å². The van der Waals surface area contributed by atoms with Gasteiger partial charge in [0.15, 0.2) is 5.78 Å². The van der Waals surface area contributed by atoms with Crippen molar-refractivity contribution in [2.45, 2.75) is 20.3 Å². The number of hydrogen-bond donors (Lipinski definition) is 1. The van der Waals surface area contributed by atoms with E-state index in [-0.39, 0.29) is 17.8 Å². The first-order valence-electron chi connectivity index (χ1n) is 3.52. The summed E-state index contributed by atoms with van der Waals surface area (Å²) >= 11 is 0. The third-order valence-electron chi connectivity index (χ3n) is 1.14. The molecule has 0 heterocycles. The molecule has 0 aliphatic heterocycles. The summed E-state index contributed by atoms with van der Waals surface area (Å²) in [5, 5.41) is 8.61. The van der Waals surface area contributed by atoms with E-state index in [4.69, 9.17) is 5.11 Å². The van der Waals surface area contributed by atoms with Crippen molar-refractivity contribution >= 4 is 11.8 Å². The van der Waals surface area contributed by atoms with Gasteiger partial charge in [-0.2, -0.15) is 0 Å². The van der Waals surface area contributed by atoms with Crippen LogP contribution in [0.15, 0.2) is 23.8 Å². The fourth-order valence-corrected chi connectivity index (χ4v) is 0.759. The van der Waals surface area contributed by atoms with Crippen LogP contribution in [0, 0.1) is 0 Å². The highest BCUT2D eigenvalue weighted by Gasteiger charge is 2.07. The summed E-state index contributed by atoms with van der Waals surface area (Å²) in [6.45, 7) is 6.61. The molecule has 0 saturated heterocycles. The number of carbonyl (C=O) groups is 2. The second kappa shape index (κ2) is 4.49. The molecule has 1 N–H and O–H groups in total. The lowest BCUT2D eigenvalue weighted by Crippen LogP contribution is -2.03. The Kier molecular flexibility index (Phi) is 3.97. The minimum atomic E-state index is -1.06. The van der Waals surface area contributed by atoms with Crippen molar-refractivity contribution in [1.29, 1.82) is 0 Å². The van der Waals surface area contributed by atoms with Crippen molar-refractivity contribution in [3.63, 3.8) is 0 Å². The predicted molar refractivity (Wildman–Crippen MR) is 45.8 cm³/mol. The average Bonchev–Trinajstić information content (AvgIpc) is 1.83. The van der Waals surface area contributed by atoms with Gasteiger partial charge in [-0.1, -0.05) is 12.2 Å². The standard InChI is InChI=1S/C9H12O3/c1-6(2)4-8(9(11)12)5-7(3)10/h5H,1,4H2,2-3H3,(H,11,12). The van der Waals surface area contributed by atoms with Crippen molar-refractivity contribution in [2.24, 2.45) is 0 Å². The van der Waals surface area contributed by atoms with Gasteiger partial charge in [0.05, 0.1) is 0 Å². The molecule has 0 amide bonds. The molecule has 3 heteroatoms. The summed E-state index contributed by atoms with van der Waals surface area (Å²) in [5.41, 5.74) is 0.819. The summed E-state index contributed by atoms with van der Waals surface area (Å²) in [6, 6.07) is 0. The second-order valence-electron chi connectivity index (χ2n) is 2.72. The monoisotopic (exact) mass is 168 g/mol. The fourth-order valence-electron chi connectivity index (χ4n) is 0.759. The maximum atomic E-state index is 10.6. The summed E-state index contributed by atoms with van der Waals surface area (Å²) in [7, 11) is 0. The first-order valence-corrected chi connectivity index (χ1v) is 3.52. The van der Waals surface area contributed by atoms with Crippen molar-refractivity contribution in [1.82, 2.24) is 0 Å². The Balaban J connectivity index is 4.55. The molecule has 66 valence electrons. The van der Waals surface area contributed by atoms with Crippen LogP contribution in [0.3, 0.4) is 0 Å². The Bertz CT molecular complexity index is 248. The Morgan fingerprint density at radius 3 is 2.17 bits per heavy atom. The van der Waals surface area contributed by atoms with E-state index in [0.29, 0.717) is 0 Å². The van der Waals surface area contributed by atoms with Crippen LogP contribution >= 0.6 is 0 Å². The van der Waals surface area contributed by atoms with Crippen LogP contribution in [0.5, 0.6) is 0 Å².